The molecule has 0 unspecified atom stereocenters. The molecule has 1 aromatic heterocycles. The van der Waals surface area contributed by atoms with Crippen LogP contribution in [0, 0.1) is 6.92 Å². The first kappa shape index (κ1) is 11.9. The Balaban J connectivity index is 2.31. The lowest BCUT2D eigenvalue weighted by molar-refractivity contribution is 0.615. The Hall–Kier alpha value is -1.16. The summed E-state index contributed by atoms with van der Waals surface area (Å²) < 4.78 is 0. The van der Waals surface area contributed by atoms with Crippen LogP contribution in [0.5, 0.6) is 0 Å². The van der Waals surface area contributed by atoms with E-state index in [1.807, 2.05) is 6.92 Å². The topological polar surface area (TPSA) is 63.8 Å². The van der Waals surface area contributed by atoms with Crippen LogP contribution in [0.4, 0.5) is 5.82 Å². The summed E-state index contributed by atoms with van der Waals surface area (Å²) in [6.45, 7) is 5.83. The van der Waals surface area contributed by atoms with Gasteiger partial charge >= 0.3 is 0 Å². The molecule has 4 heteroatoms. The zero-order valence-electron chi connectivity index (χ0n) is 9.58. The first-order chi connectivity index (χ1) is 7.24. The summed E-state index contributed by atoms with van der Waals surface area (Å²) in [7, 11) is 0. The minimum Gasteiger partial charge on any atom is -0.383 e. The fraction of sp³-hybridized carbons (Fsp3) is 0.636. The van der Waals surface area contributed by atoms with Crippen LogP contribution in [0.25, 0.3) is 0 Å². The molecule has 0 fully saturated rings. The van der Waals surface area contributed by atoms with Crippen LogP contribution in [0.3, 0.4) is 0 Å². The smallest absolute Gasteiger partial charge is 0.131 e. The Morgan fingerprint density at radius 1 is 1.40 bits per heavy atom. The number of hydrogen-bond donors (Lipinski definition) is 2. The summed E-state index contributed by atoms with van der Waals surface area (Å²) in [5, 5.41) is 3.34. The van der Waals surface area contributed by atoms with E-state index in [-0.39, 0.29) is 0 Å². The average molecular weight is 208 g/mol. The monoisotopic (exact) mass is 208 g/mol. The third kappa shape index (κ3) is 4.25. The molecule has 0 aromatic carbocycles. The van der Waals surface area contributed by atoms with Crippen molar-refractivity contribution in [3.8, 4) is 0 Å². The number of nitrogens with zero attached hydrogens (tertiary/aromatic N) is 2. The van der Waals surface area contributed by atoms with Crippen LogP contribution in [-0.2, 0) is 6.54 Å². The molecule has 0 bridgehead atoms. The van der Waals surface area contributed by atoms with Crippen molar-refractivity contribution >= 4 is 5.82 Å². The average Bonchev–Trinajstić information content (AvgIpc) is 2.20. The van der Waals surface area contributed by atoms with E-state index in [2.05, 4.69) is 22.2 Å². The van der Waals surface area contributed by atoms with Crippen LogP contribution >= 0.6 is 0 Å². The zero-order valence-corrected chi connectivity index (χ0v) is 9.58. The molecule has 3 N–H and O–H groups in total. The molecule has 0 aliphatic heterocycles. The highest BCUT2D eigenvalue weighted by atomic mass is 15.0. The van der Waals surface area contributed by atoms with Crippen LogP contribution in [0.2, 0.25) is 0 Å². The van der Waals surface area contributed by atoms with E-state index < -0.39 is 0 Å². The Morgan fingerprint density at radius 3 is 2.87 bits per heavy atom. The quantitative estimate of drug-likeness (QED) is 0.698. The summed E-state index contributed by atoms with van der Waals surface area (Å²) in [6, 6.07) is 0. The van der Waals surface area contributed by atoms with Gasteiger partial charge in [-0.05, 0) is 19.9 Å². The molecule has 0 aliphatic rings. The standard InChI is InChI=1S/C11H20N4/c1-3-4-5-6-13-7-10-8-14-9(2)15-11(10)12/h8,13H,3-7H2,1-2H3,(H2,12,14,15). The molecule has 84 valence electrons. The normalized spacial score (nSPS) is 10.5. The number of aryl methyl sites for hydroxylation is 1. The maximum absolute atomic E-state index is 5.77. The van der Waals surface area contributed by atoms with Crippen molar-refractivity contribution < 1.29 is 0 Å². The maximum atomic E-state index is 5.77. The lowest BCUT2D eigenvalue weighted by Crippen LogP contribution is -2.16. The molecule has 1 rings (SSSR count). The summed E-state index contributed by atoms with van der Waals surface area (Å²) in [5.41, 5.74) is 6.75. The van der Waals surface area contributed by atoms with E-state index in [1.165, 1.54) is 19.3 Å². The molecule has 0 saturated heterocycles. The van der Waals surface area contributed by atoms with Gasteiger partial charge in [-0.25, -0.2) is 9.97 Å². The van der Waals surface area contributed by atoms with Crippen molar-refractivity contribution in [1.29, 1.82) is 0 Å². The molecule has 0 spiro atoms. The van der Waals surface area contributed by atoms with Gasteiger partial charge in [0.2, 0.25) is 0 Å². The minimum absolute atomic E-state index is 0.588. The highest BCUT2D eigenvalue weighted by Gasteiger charge is 2.00. The van der Waals surface area contributed by atoms with Crippen molar-refractivity contribution in [2.24, 2.45) is 0 Å². The Bertz CT molecular complexity index is 299. The molecule has 0 radical (unpaired) electrons. The van der Waals surface area contributed by atoms with Crippen LogP contribution < -0.4 is 11.1 Å². The van der Waals surface area contributed by atoms with Gasteiger partial charge in [-0.15, -0.1) is 0 Å². The van der Waals surface area contributed by atoms with Crippen LogP contribution in [0.1, 0.15) is 37.6 Å². The van der Waals surface area contributed by atoms with E-state index in [0.29, 0.717) is 5.82 Å². The number of rotatable bonds is 6. The van der Waals surface area contributed by atoms with E-state index in [9.17, 15) is 0 Å². The second kappa shape index (κ2) is 6.35. The molecule has 1 heterocycles. The van der Waals surface area contributed by atoms with Crippen molar-refractivity contribution in [1.82, 2.24) is 15.3 Å². The van der Waals surface area contributed by atoms with Crippen molar-refractivity contribution in [2.45, 2.75) is 39.7 Å². The fourth-order valence-electron chi connectivity index (χ4n) is 1.37. The van der Waals surface area contributed by atoms with E-state index in [4.69, 9.17) is 5.73 Å². The predicted octanol–water partition coefficient (Wildman–Crippen LogP) is 1.65. The summed E-state index contributed by atoms with van der Waals surface area (Å²) in [4.78, 5) is 8.24. The third-order valence-corrected chi connectivity index (χ3v) is 2.29. The van der Waals surface area contributed by atoms with E-state index in [1.54, 1.807) is 6.20 Å². The second-order valence-electron chi connectivity index (χ2n) is 3.71. The number of hydrogen-bond acceptors (Lipinski definition) is 4. The zero-order chi connectivity index (χ0) is 11.1. The van der Waals surface area contributed by atoms with Gasteiger partial charge in [0, 0.05) is 18.3 Å². The first-order valence-corrected chi connectivity index (χ1v) is 5.52. The van der Waals surface area contributed by atoms with E-state index in [0.717, 1.165) is 24.5 Å². The number of nitrogen functional groups attached to an aromatic ring is 1. The Kier molecular flexibility index (Phi) is 5.04. The number of nitrogens with two attached hydrogens (primary N) is 1. The second-order valence-corrected chi connectivity index (χ2v) is 3.71. The van der Waals surface area contributed by atoms with Gasteiger partial charge in [-0.2, -0.15) is 0 Å². The Morgan fingerprint density at radius 2 is 2.20 bits per heavy atom. The SMILES string of the molecule is CCCCCNCc1cnc(C)nc1N. The fourth-order valence-corrected chi connectivity index (χ4v) is 1.37. The van der Waals surface area contributed by atoms with Crippen molar-refractivity contribution in [3.05, 3.63) is 17.6 Å². The van der Waals surface area contributed by atoms with Crippen LogP contribution in [0.15, 0.2) is 6.20 Å². The molecule has 0 aliphatic carbocycles. The lowest BCUT2D eigenvalue weighted by atomic mass is 10.2. The molecule has 1 aromatic rings. The molecule has 4 nitrogen and oxygen atoms in total. The largest absolute Gasteiger partial charge is 0.383 e. The van der Waals surface area contributed by atoms with Gasteiger partial charge in [0.25, 0.3) is 0 Å². The Labute approximate surface area is 91.3 Å². The minimum atomic E-state index is 0.588. The highest BCUT2D eigenvalue weighted by molar-refractivity contribution is 5.37. The molecule has 15 heavy (non-hydrogen) atoms. The van der Waals surface area contributed by atoms with Crippen molar-refractivity contribution in [3.63, 3.8) is 0 Å². The first-order valence-electron chi connectivity index (χ1n) is 5.52. The summed E-state index contributed by atoms with van der Waals surface area (Å²) in [5.74, 6) is 1.31. The molecule has 0 atom stereocenters. The predicted molar refractivity (Wildman–Crippen MR) is 62.4 cm³/mol. The molecule has 0 amide bonds. The third-order valence-electron chi connectivity index (χ3n) is 2.29. The van der Waals surface area contributed by atoms with Crippen LogP contribution in [-0.4, -0.2) is 16.5 Å². The number of nitrogens with one attached hydrogen (secondary N) is 1. The molecular weight excluding hydrogens is 188 g/mol. The van der Waals surface area contributed by atoms with Crippen molar-refractivity contribution in [2.75, 3.05) is 12.3 Å². The number of aromatic nitrogens is 2. The van der Waals surface area contributed by atoms with Gasteiger partial charge in [-0.3, -0.25) is 0 Å². The van der Waals surface area contributed by atoms with Gasteiger partial charge in [0.15, 0.2) is 0 Å². The van der Waals surface area contributed by atoms with E-state index >= 15 is 0 Å². The summed E-state index contributed by atoms with van der Waals surface area (Å²) in [6.07, 6.45) is 5.53. The van der Waals surface area contributed by atoms with Gasteiger partial charge in [0.05, 0.1) is 0 Å². The summed E-state index contributed by atoms with van der Waals surface area (Å²) >= 11 is 0. The number of anilines is 1. The highest BCUT2D eigenvalue weighted by Crippen LogP contribution is 2.06. The lowest BCUT2D eigenvalue weighted by Gasteiger charge is -2.06. The van der Waals surface area contributed by atoms with Gasteiger partial charge < -0.3 is 11.1 Å². The molecular formula is C11H20N4. The maximum Gasteiger partial charge on any atom is 0.131 e. The van der Waals surface area contributed by atoms with Gasteiger partial charge in [-0.1, -0.05) is 19.8 Å². The molecule has 0 saturated carbocycles. The van der Waals surface area contributed by atoms with Gasteiger partial charge in [0.1, 0.15) is 11.6 Å². The number of unbranched alkanes of at least 4 members (excludes halogenated alkanes) is 2.